The topological polar surface area (TPSA) is 61.4 Å². The minimum absolute atomic E-state index is 0.0463. The summed E-state index contributed by atoms with van der Waals surface area (Å²) in [5.41, 5.74) is 3.58. The number of anilines is 3. The van der Waals surface area contributed by atoms with Gasteiger partial charge in [-0.2, -0.15) is 0 Å². The highest BCUT2D eigenvalue weighted by Crippen LogP contribution is 2.40. The summed E-state index contributed by atoms with van der Waals surface area (Å²) < 4.78 is 0. The van der Waals surface area contributed by atoms with Gasteiger partial charge in [0.2, 0.25) is 11.8 Å². The van der Waals surface area contributed by atoms with Crippen LogP contribution in [0.2, 0.25) is 0 Å². The third-order valence-electron chi connectivity index (χ3n) is 4.69. The van der Waals surface area contributed by atoms with Crippen molar-refractivity contribution in [3.05, 3.63) is 61.0 Å². The molecule has 1 radical (unpaired) electrons. The van der Waals surface area contributed by atoms with Crippen LogP contribution in [0.3, 0.4) is 0 Å². The van der Waals surface area contributed by atoms with E-state index < -0.39 is 0 Å². The lowest BCUT2D eigenvalue weighted by Gasteiger charge is -2.40. The fraction of sp³-hybridized carbons (Fsp3) is 0.286. The molecular weight excluding hydrogens is 326 g/mol. The Morgan fingerprint density at radius 3 is 2.46 bits per heavy atom. The number of carbonyl (C=O) groups is 2. The summed E-state index contributed by atoms with van der Waals surface area (Å²) in [7, 11) is 0. The van der Waals surface area contributed by atoms with E-state index in [1.54, 1.807) is 0 Å². The van der Waals surface area contributed by atoms with E-state index >= 15 is 0 Å². The van der Waals surface area contributed by atoms with Gasteiger partial charge in [-0.25, -0.2) is 0 Å². The molecule has 0 spiro atoms. The van der Waals surface area contributed by atoms with Gasteiger partial charge in [-0.05, 0) is 37.1 Å². The predicted molar refractivity (Wildman–Crippen MR) is 105 cm³/mol. The minimum atomic E-state index is -0.351. The van der Waals surface area contributed by atoms with Crippen LogP contribution in [0.25, 0.3) is 0 Å². The number of para-hydroxylation sites is 3. The fourth-order valence-corrected chi connectivity index (χ4v) is 3.56. The van der Waals surface area contributed by atoms with Gasteiger partial charge in [0.15, 0.2) is 0 Å². The molecule has 1 aliphatic heterocycles. The van der Waals surface area contributed by atoms with Gasteiger partial charge in [0.1, 0.15) is 0 Å². The van der Waals surface area contributed by atoms with Gasteiger partial charge in [0.25, 0.3) is 0 Å². The number of carbonyl (C=O) groups excluding carboxylic acids is 2. The molecule has 2 aromatic carbocycles. The minimum Gasteiger partial charge on any atom is -0.376 e. The average molecular weight is 350 g/mol. The number of hydrogen-bond acceptors (Lipinski definition) is 3. The monoisotopic (exact) mass is 350 g/mol. The maximum Gasteiger partial charge on any atom is 0.226 e. The third kappa shape index (κ3) is 3.57. The smallest absolute Gasteiger partial charge is 0.226 e. The Labute approximate surface area is 154 Å². The summed E-state index contributed by atoms with van der Waals surface area (Å²) in [5, 5.41) is 6.30. The van der Waals surface area contributed by atoms with Crippen molar-refractivity contribution in [1.82, 2.24) is 0 Å². The molecule has 0 saturated heterocycles. The van der Waals surface area contributed by atoms with E-state index in [-0.39, 0.29) is 23.9 Å². The number of nitrogens with zero attached hydrogens (tertiary/aromatic N) is 1. The Morgan fingerprint density at radius 2 is 1.77 bits per heavy atom. The second-order valence-electron chi connectivity index (χ2n) is 6.55. The van der Waals surface area contributed by atoms with Crippen molar-refractivity contribution >= 4 is 28.9 Å². The molecule has 2 aromatic rings. The maximum atomic E-state index is 12.4. The Balaban J connectivity index is 1.95. The Kier molecular flexibility index (Phi) is 5.26. The van der Waals surface area contributed by atoms with Crippen molar-refractivity contribution in [3.63, 3.8) is 0 Å². The van der Waals surface area contributed by atoms with Crippen LogP contribution >= 0.6 is 0 Å². The van der Waals surface area contributed by atoms with Crippen molar-refractivity contribution < 1.29 is 9.59 Å². The summed E-state index contributed by atoms with van der Waals surface area (Å²) in [6, 6.07) is 15.7. The molecule has 26 heavy (non-hydrogen) atoms. The number of amides is 2. The highest BCUT2D eigenvalue weighted by Gasteiger charge is 2.33. The normalized spacial score (nSPS) is 18.8. The first-order valence-corrected chi connectivity index (χ1v) is 8.90. The molecule has 5 nitrogen and oxygen atoms in total. The van der Waals surface area contributed by atoms with E-state index in [4.69, 9.17) is 0 Å². The molecule has 0 unspecified atom stereocenters. The second-order valence-corrected chi connectivity index (χ2v) is 6.55. The summed E-state index contributed by atoms with van der Waals surface area (Å²) in [6.07, 6.45) is 1.27. The summed E-state index contributed by atoms with van der Waals surface area (Å²) in [5.74, 6) is -0.218. The zero-order chi connectivity index (χ0) is 18.7. The number of rotatable bonds is 4. The molecule has 0 aromatic heterocycles. The zero-order valence-corrected chi connectivity index (χ0v) is 15.2. The number of nitrogens with one attached hydrogen (secondary N) is 2. The van der Waals surface area contributed by atoms with E-state index in [1.807, 2.05) is 54.3 Å². The van der Waals surface area contributed by atoms with Crippen LogP contribution in [0.15, 0.2) is 48.5 Å². The van der Waals surface area contributed by atoms with E-state index in [0.29, 0.717) is 12.1 Å². The first-order valence-electron chi connectivity index (χ1n) is 8.90. The van der Waals surface area contributed by atoms with E-state index in [0.717, 1.165) is 23.4 Å². The van der Waals surface area contributed by atoms with Crippen molar-refractivity contribution in [2.45, 2.75) is 38.8 Å². The van der Waals surface area contributed by atoms with Gasteiger partial charge in [-0.3, -0.25) is 9.59 Å². The Hall–Kier alpha value is -2.82. The molecule has 5 heteroatoms. The lowest BCUT2D eigenvalue weighted by Crippen LogP contribution is -2.44. The average Bonchev–Trinajstić information content (AvgIpc) is 2.62. The fourth-order valence-electron chi connectivity index (χ4n) is 3.56. The molecule has 0 saturated carbocycles. The van der Waals surface area contributed by atoms with Crippen LogP contribution < -0.4 is 15.5 Å². The van der Waals surface area contributed by atoms with Gasteiger partial charge in [0.05, 0.1) is 17.4 Å². The van der Waals surface area contributed by atoms with Gasteiger partial charge < -0.3 is 15.5 Å². The van der Waals surface area contributed by atoms with Gasteiger partial charge in [0, 0.05) is 25.1 Å². The molecule has 0 fully saturated rings. The van der Waals surface area contributed by atoms with Gasteiger partial charge in [-0.1, -0.05) is 37.3 Å². The van der Waals surface area contributed by atoms with Crippen LogP contribution in [0, 0.1) is 6.92 Å². The highest BCUT2D eigenvalue weighted by molar-refractivity contribution is 5.97. The zero-order valence-electron chi connectivity index (χ0n) is 15.2. The highest BCUT2D eigenvalue weighted by atomic mass is 16.2. The first kappa shape index (κ1) is 18.0. The summed E-state index contributed by atoms with van der Waals surface area (Å²) in [6.45, 7) is 7.35. The van der Waals surface area contributed by atoms with Gasteiger partial charge >= 0.3 is 0 Å². The molecule has 1 aliphatic rings. The Bertz CT molecular complexity index is 818. The number of benzene rings is 2. The van der Waals surface area contributed by atoms with E-state index in [1.165, 1.54) is 0 Å². The predicted octanol–water partition coefficient (Wildman–Crippen LogP) is 4.15. The second kappa shape index (κ2) is 7.60. The molecule has 2 amide bonds. The van der Waals surface area contributed by atoms with Crippen LogP contribution in [0.1, 0.15) is 38.3 Å². The van der Waals surface area contributed by atoms with Crippen molar-refractivity contribution in [1.29, 1.82) is 0 Å². The molecule has 2 N–H and O–H groups in total. The standard InChI is InChI=1S/C21H24N3O2/c1-4-21(26)24-14(2)13-19(16-9-5-8-12-20(16)24)23-18-11-7-6-10-17(18)22-15(3)25/h5-12,14,19,23H,3-4,13H2,1-2H3,(H,22,25)/t14-,19+/m0/s1. The van der Waals surface area contributed by atoms with Crippen molar-refractivity contribution in [2.75, 3.05) is 15.5 Å². The lowest BCUT2D eigenvalue weighted by atomic mass is 9.91. The lowest BCUT2D eigenvalue weighted by molar-refractivity contribution is -0.118. The number of fused-ring (bicyclic) bond motifs is 1. The molecule has 0 aliphatic carbocycles. The molecule has 0 bridgehead atoms. The third-order valence-corrected chi connectivity index (χ3v) is 4.69. The SMILES string of the molecule is [CH2]C(=O)Nc1ccccc1N[C@@H]1C[C@H](C)N(C(=O)CC)c2ccccc21. The number of hydrogen-bond donors (Lipinski definition) is 2. The largest absolute Gasteiger partial charge is 0.376 e. The summed E-state index contributed by atoms with van der Waals surface area (Å²) in [4.78, 5) is 25.7. The Morgan fingerprint density at radius 1 is 1.12 bits per heavy atom. The van der Waals surface area contributed by atoms with Crippen molar-refractivity contribution in [3.8, 4) is 0 Å². The molecule has 2 atom stereocenters. The maximum absolute atomic E-state index is 12.4. The molecule has 135 valence electrons. The quantitative estimate of drug-likeness (QED) is 0.871. The van der Waals surface area contributed by atoms with Crippen LogP contribution in [-0.4, -0.2) is 17.9 Å². The van der Waals surface area contributed by atoms with E-state index in [2.05, 4.69) is 30.5 Å². The van der Waals surface area contributed by atoms with Crippen molar-refractivity contribution in [2.24, 2.45) is 0 Å². The van der Waals surface area contributed by atoms with Crippen LogP contribution in [0.4, 0.5) is 17.1 Å². The van der Waals surface area contributed by atoms with Gasteiger partial charge in [-0.15, -0.1) is 0 Å². The van der Waals surface area contributed by atoms with Crippen LogP contribution in [0.5, 0.6) is 0 Å². The molecular formula is C21H24N3O2. The van der Waals surface area contributed by atoms with E-state index in [9.17, 15) is 9.59 Å². The molecule has 3 rings (SSSR count). The first-order chi connectivity index (χ1) is 12.5. The van der Waals surface area contributed by atoms with Crippen LogP contribution in [-0.2, 0) is 9.59 Å². The molecule has 1 heterocycles. The summed E-state index contributed by atoms with van der Waals surface area (Å²) >= 11 is 0.